The van der Waals surface area contributed by atoms with Crippen molar-refractivity contribution in [3.63, 3.8) is 0 Å². The zero-order valence-electron chi connectivity index (χ0n) is 14.4. The van der Waals surface area contributed by atoms with Crippen LogP contribution in [0.15, 0.2) is 42.7 Å². The van der Waals surface area contributed by atoms with E-state index in [0.717, 1.165) is 37.2 Å². The van der Waals surface area contributed by atoms with Crippen LogP contribution < -0.4 is 0 Å². The number of nitrogens with one attached hydrogen (secondary N) is 1. The molecule has 3 heterocycles. The maximum atomic E-state index is 12.9. The largest absolute Gasteiger partial charge is 0.342 e. The lowest BCUT2D eigenvalue weighted by Gasteiger charge is -2.34. The maximum absolute atomic E-state index is 12.9. The summed E-state index contributed by atoms with van der Waals surface area (Å²) in [6.45, 7) is 3.92. The highest BCUT2D eigenvalue weighted by Gasteiger charge is 2.31. The maximum Gasteiger partial charge on any atom is 0.230 e. The number of amides is 1. The summed E-state index contributed by atoms with van der Waals surface area (Å²) >= 11 is 1.75. The van der Waals surface area contributed by atoms with Gasteiger partial charge in [-0.1, -0.05) is 30.3 Å². The molecule has 1 saturated heterocycles. The fourth-order valence-corrected chi connectivity index (χ4v) is 4.99. The van der Waals surface area contributed by atoms with E-state index in [4.69, 9.17) is 0 Å². The van der Waals surface area contributed by atoms with Crippen LogP contribution in [0.4, 0.5) is 0 Å². The molecule has 1 aromatic carbocycles. The normalized spacial score (nSPS) is 21.4. The molecule has 130 valence electrons. The number of rotatable bonds is 3. The van der Waals surface area contributed by atoms with Gasteiger partial charge in [-0.15, -0.1) is 11.8 Å². The fraction of sp³-hybridized carbons (Fsp3) is 0.400. The topological polar surface area (TPSA) is 49.0 Å². The molecule has 1 aromatic heterocycles. The summed E-state index contributed by atoms with van der Waals surface area (Å²) in [7, 11) is 0. The molecule has 2 aromatic rings. The van der Waals surface area contributed by atoms with Crippen molar-refractivity contribution in [2.24, 2.45) is 5.92 Å². The molecule has 4 nitrogen and oxygen atoms in total. The second-order valence-corrected chi connectivity index (χ2v) is 7.95. The van der Waals surface area contributed by atoms with Crippen LogP contribution in [0, 0.1) is 12.8 Å². The van der Waals surface area contributed by atoms with Crippen LogP contribution in [0.25, 0.3) is 4.91 Å². The molecule has 1 fully saturated rings. The number of likely N-dealkylation sites (tertiary alicyclic amines) is 1. The van der Waals surface area contributed by atoms with E-state index in [-0.39, 0.29) is 11.8 Å². The predicted molar refractivity (Wildman–Crippen MR) is 102 cm³/mol. The Morgan fingerprint density at radius 2 is 2.08 bits per heavy atom. The SMILES string of the molecule is Cc1ccccc1C1CCN(C(=O)C2C=C(c3cn[nH]c3)SC2)CC1. The Kier molecular flexibility index (Phi) is 4.66. The van der Waals surface area contributed by atoms with Crippen LogP contribution in [0.5, 0.6) is 0 Å². The van der Waals surface area contributed by atoms with Gasteiger partial charge < -0.3 is 4.90 Å². The minimum atomic E-state index is 0.00455. The highest BCUT2D eigenvalue weighted by molar-refractivity contribution is 8.08. The van der Waals surface area contributed by atoms with Gasteiger partial charge in [0, 0.05) is 35.5 Å². The average Bonchev–Trinajstić information content (AvgIpc) is 3.33. The van der Waals surface area contributed by atoms with Crippen LogP contribution in [-0.4, -0.2) is 39.8 Å². The Morgan fingerprint density at radius 1 is 1.28 bits per heavy atom. The first-order chi connectivity index (χ1) is 12.2. The summed E-state index contributed by atoms with van der Waals surface area (Å²) in [6.07, 6.45) is 7.95. The van der Waals surface area contributed by atoms with Gasteiger partial charge in [-0.05, 0) is 36.8 Å². The third kappa shape index (κ3) is 3.38. The van der Waals surface area contributed by atoms with E-state index in [9.17, 15) is 4.79 Å². The third-order valence-electron chi connectivity index (χ3n) is 5.31. The second-order valence-electron chi connectivity index (χ2n) is 6.89. The molecule has 4 rings (SSSR count). The minimum absolute atomic E-state index is 0.00455. The molecular formula is C20H23N3OS. The zero-order valence-corrected chi connectivity index (χ0v) is 15.3. The molecule has 25 heavy (non-hydrogen) atoms. The van der Waals surface area contributed by atoms with Crippen molar-refractivity contribution in [1.82, 2.24) is 15.1 Å². The van der Waals surface area contributed by atoms with E-state index < -0.39 is 0 Å². The molecule has 0 saturated carbocycles. The predicted octanol–water partition coefficient (Wildman–Crippen LogP) is 3.83. The molecule has 0 bridgehead atoms. The van der Waals surface area contributed by atoms with E-state index in [0.29, 0.717) is 5.92 Å². The lowest BCUT2D eigenvalue weighted by Crippen LogP contribution is -2.41. The second kappa shape index (κ2) is 7.08. The Bertz CT molecular complexity index is 776. The zero-order chi connectivity index (χ0) is 17.2. The van der Waals surface area contributed by atoms with Gasteiger partial charge in [0.05, 0.1) is 12.1 Å². The van der Waals surface area contributed by atoms with Crippen molar-refractivity contribution in [3.05, 3.63) is 59.4 Å². The number of aromatic nitrogens is 2. The molecular weight excluding hydrogens is 330 g/mol. The molecule has 1 unspecified atom stereocenters. The number of benzene rings is 1. The number of hydrogen-bond donors (Lipinski definition) is 1. The van der Waals surface area contributed by atoms with Crippen LogP contribution >= 0.6 is 11.8 Å². The van der Waals surface area contributed by atoms with Gasteiger partial charge in [0.25, 0.3) is 0 Å². The van der Waals surface area contributed by atoms with Crippen molar-refractivity contribution in [1.29, 1.82) is 0 Å². The summed E-state index contributed by atoms with van der Waals surface area (Å²) in [4.78, 5) is 16.1. The van der Waals surface area contributed by atoms with E-state index >= 15 is 0 Å². The Labute approximate surface area is 152 Å². The number of hydrogen-bond acceptors (Lipinski definition) is 3. The van der Waals surface area contributed by atoms with Gasteiger partial charge in [0.15, 0.2) is 0 Å². The smallest absolute Gasteiger partial charge is 0.230 e. The van der Waals surface area contributed by atoms with E-state index in [1.165, 1.54) is 16.0 Å². The third-order valence-corrected chi connectivity index (χ3v) is 6.51. The van der Waals surface area contributed by atoms with E-state index in [1.54, 1.807) is 11.8 Å². The van der Waals surface area contributed by atoms with Gasteiger partial charge in [-0.2, -0.15) is 5.10 Å². The molecule has 0 aliphatic carbocycles. The van der Waals surface area contributed by atoms with Gasteiger partial charge in [0.1, 0.15) is 0 Å². The lowest BCUT2D eigenvalue weighted by molar-refractivity contribution is -0.134. The lowest BCUT2D eigenvalue weighted by atomic mass is 9.86. The number of thioether (sulfide) groups is 1. The van der Waals surface area contributed by atoms with Gasteiger partial charge in [-0.3, -0.25) is 9.89 Å². The van der Waals surface area contributed by atoms with Crippen molar-refractivity contribution in [2.45, 2.75) is 25.7 Å². The fourth-order valence-electron chi connectivity index (χ4n) is 3.86. The molecule has 2 aliphatic rings. The molecule has 0 spiro atoms. The molecule has 2 aliphatic heterocycles. The summed E-state index contributed by atoms with van der Waals surface area (Å²) in [6, 6.07) is 8.65. The van der Waals surface area contributed by atoms with Gasteiger partial charge in [-0.25, -0.2) is 0 Å². The first kappa shape index (κ1) is 16.5. The first-order valence-corrected chi connectivity index (χ1v) is 9.89. The summed E-state index contributed by atoms with van der Waals surface area (Å²) in [5.74, 6) is 1.72. The molecule has 1 amide bonds. The molecule has 0 radical (unpaired) electrons. The molecule has 1 N–H and O–H groups in total. The van der Waals surface area contributed by atoms with Crippen molar-refractivity contribution in [2.75, 3.05) is 18.8 Å². The van der Waals surface area contributed by atoms with Crippen LogP contribution in [-0.2, 0) is 4.79 Å². The van der Waals surface area contributed by atoms with Gasteiger partial charge >= 0.3 is 0 Å². The quantitative estimate of drug-likeness (QED) is 0.912. The van der Waals surface area contributed by atoms with Crippen molar-refractivity contribution >= 4 is 22.6 Å². The highest BCUT2D eigenvalue weighted by Crippen LogP contribution is 2.38. The Balaban J connectivity index is 1.38. The van der Waals surface area contributed by atoms with Crippen molar-refractivity contribution in [3.8, 4) is 0 Å². The highest BCUT2D eigenvalue weighted by atomic mass is 32.2. The average molecular weight is 353 g/mol. The number of aromatic amines is 1. The number of H-pyrrole nitrogens is 1. The first-order valence-electron chi connectivity index (χ1n) is 8.90. The Morgan fingerprint density at radius 3 is 2.80 bits per heavy atom. The van der Waals surface area contributed by atoms with E-state index in [1.807, 2.05) is 12.4 Å². The number of nitrogens with zero attached hydrogens (tertiary/aromatic N) is 2. The van der Waals surface area contributed by atoms with E-state index in [2.05, 4.69) is 52.4 Å². The number of piperidine rings is 1. The van der Waals surface area contributed by atoms with Crippen LogP contribution in [0.3, 0.4) is 0 Å². The standard InChI is InChI=1S/C20H23N3OS/c1-14-4-2-3-5-18(14)15-6-8-23(9-7-15)20(24)16-10-19(25-13-16)17-11-21-22-12-17/h2-5,10-12,15-16H,6-9,13H2,1H3,(H,21,22). The molecule has 5 heteroatoms. The molecule has 1 atom stereocenters. The summed E-state index contributed by atoms with van der Waals surface area (Å²) in [5.41, 5.74) is 3.90. The summed E-state index contributed by atoms with van der Waals surface area (Å²) in [5, 5.41) is 6.84. The summed E-state index contributed by atoms with van der Waals surface area (Å²) < 4.78 is 0. The number of aryl methyl sites for hydroxylation is 1. The van der Waals surface area contributed by atoms with Gasteiger partial charge in [0.2, 0.25) is 5.91 Å². The monoisotopic (exact) mass is 353 g/mol. The van der Waals surface area contributed by atoms with Crippen LogP contribution in [0.1, 0.15) is 35.4 Å². The minimum Gasteiger partial charge on any atom is -0.342 e. The number of carbonyl (C=O) groups is 1. The van der Waals surface area contributed by atoms with Crippen molar-refractivity contribution < 1.29 is 4.79 Å². The number of carbonyl (C=O) groups excluding carboxylic acids is 1. The Hall–Kier alpha value is -2.01. The van der Waals surface area contributed by atoms with Crippen LogP contribution in [0.2, 0.25) is 0 Å².